The molecule has 0 spiro atoms. The number of aromatic nitrogens is 4. The molecule has 8 heteroatoms. The van der Waals surface area contributed by atoms with Gasteiger partial charge in [0.15, 0.2) is 0 Å². The summed E-state index contributed by atoms with van der Waals surface area (Å²) in [5, 5.41) is 14.3. The molecule has 0 saturated carbocycles. The first-order valence-electron chi connectivity index (χ1n) is 7.46. The molecule has 0 unspecified atom stereocenters. The minimum atomic E-state index is -0.475. The summed E-state index contributed by atoms with van der Waals surface area (Å²) in [5.41, 5.74) is 0.756. The lowest BCUT2D eigenvalue weighted by molar-refractivity contribution is 0.0755. The molecule has 0 aliphatic carbocycles. The number of aliphatic hydroxyl groups is 1. The van der Waals surface area contributed by atoms with Gasteiger partial charge in [-0.05, 0) is 30.8 Å². The standard InChI is InChI=1S/C14H19N5O2S/c1-2-10-13(22-17-16-10)14(21)18-6-3-11(12(20)4-7-18)19-8-5-15-9-19/h5,8-9,11-12,20H,2-4,6-7H2,1H3/t11-,12-/m0/s1. The summed E-state index contributed by atoms with van der Waals surface area (Å²) in [6, 6.07) is -0.0365. The summed E-state index contributed by atoms with van der Waals surface area (Å²) in [4.78, 5) is 19.1. The highest BCUT2D eigenvalue weighted by atomic mass is 32.1. The van der Waals surface area contributed by atoms with Gasteiger partial charge in [-0.1, -0.05) is 11.4 Å². The van der Waals surface area contributed by atoms with Gasteiger partial charge in [-0.3, -0.25) is 4.79 Å². The SMILES string of the molecule is CCc1nnsc1C(=O)N1CC[C@H](O)[C@@H](n2ccnc2)CC1. The molecular weight excluding hydrogens is 302 g/mol. The molecule has 0 bridgehead atoms. The lowest BCUT2D eigenvalue weighted by atomic mass is 10.1. The van der Waals surface area contributed by atoms with Gasteiger partial charge in [0.05, 0.1) is 24.2 Å². The minimum Gasteiger partial charge on any atom is -0.391 e. The van der Waals surface area contributed by atoms with Crippen LogP contribution >= 0.6 is 11.5 Å². The van der Waals surface area contributed by atoms with Crippen molar-refractivity contribution in [2.24, 2.45) is 0 Å². The van der Waals surface area contributed by atoms with E-state index in [0.29, 0.717) is 37.2 Å². The molecule has 3 heterocycles. The van der Waals surface area contributed by atoms with Gasteiger partial charge in [0, 0.05) is 25.5 Å². The second kappa shape index (κ2) is 6.53. The number of amides is 1. The van der Waals surface area contributed by atoms with Crippen LogP contribution < -0.4 is 0 Å². The number of imidazole rings is 1. The second-order valence-electron chi connectivity index (χ2n) is 5.42. The van der Waals surface area contributed by atoms with E-state index < -0.39 is 6.10 Å². The second-order valence-corrected chi connectivity index (χ2v) is 6.17. The number of nitrogens with zero attached hydrogens (tertiary/aromatic N) is 5. The Balaban J connectivity index is 1.73. The summed E-state index contributed by atoms with van der Waals surface area (Å²) in [6.45, 7) is 3.13. The maximum Gasteiger partial charge on any atom is 0.267 e. The Labute approximate surface area is 132 Å². The van der Waals surface area contributed by atoms with E-state index in [1.807, 2.05) is 17.7 Å². The molecule has 1 amide bonds. The van der Waals surface area contributed by atoms with Crippen LogP contribution in [0.2, 0.25) is 0 Å². The fourth-order valence-electron chi connectivity index (χ4n) is 2.84. The minimum absolute atomic E-state index is 0.0228. The van der Waals surface area contributed by atoms with Crippen LogP contribution in [0.25, 0.3) is 0 Å². The van der Waals surface area contributed by atoms with Crippen molar-refractivity contribution < 1.29 is 9.90 Å². The normalized spacial score (nSPS) is 22.5. The van der Waals surface area contributed by atoms with Crippen molar-refractivity contribution in [1.29, 1.82) is 0 Å². The van der Waals surface area contributed by atoms with Crippen molar-refractivity contribution in [3.8, 4) is 0 Å². The smallest absolute Gasteiger partial charge is 0.267 e. The van der Waals surface area contributed by atoms with Gasteiger partial charge in [-0.15, -0.1) is 5.10 Å². The first-order chi connectivity index (χ1) is 10.7. The van der Waals surface area contributed by atoms with Crippen molar-refractivity contribution in [1.82, 2.24) is 24.0 Å². The predicted octanol–water partition coefficient (Wildman–Crippen LogP) is 1.14. The molecule has 2 aromatic rings. The molecular formula is C14H19N5O2S. The van der Waals surface area contributed by atoms with Crippen molar-refractivity contribution in [2.45, 2.75) is 38.3 Å². The number of rotatable bonds is 3. The largest absolute Gasteiger partial charge is 0.391 e. The van der Waals surface area contributed by atoms with Crippen LogP contribution in [0, 0.1) is 0 Å². The summed E-state index contributed by atoms with van der Waals surface area (Å²) in [6.07, 6.45) is 6.76. The molecule has 22 heavy (non-hydrogen) atoms. The molecule has 1 aliphatic heterocycles. The Morgan fingerprint density at radius 2 is 2.27 bits per heavy atom. The van der Waals surface area contributed by atoms with E-state index in [4.69, 9.17) is 0 Å². The average molecular weight is 321 g/mol. The van der Waals surface area contributed by atoms with E-state index in [1.54, 1.807) is 17.4 Å². The van der Waals surface area contributed by atoms with E-state index in [9.17, 15) is 9.90 Å². The zero-order valence-corrected chi connectivity index (χ0v) is 13.2. The molecule has 1 saturated heterocycles. The number of hydrogen-bond donors (Lipinski definition) is 1. The zero-order valence-electron chi connectivity index (χ0n) is 12.4. The highest BCUT2D eigenvalue weighted by Crippen LogP contribution is 2.25. The number of carbonyl (C=O) groups is 1. The lowest BCUT2D eigenvalue weighted by Crippen LogP contribution is -2.32. The van der Waals surface area contributed by atoms with Crippen molar-refractivity contribution >= 4 is 17.4 Å². The van der Waals surface area contributed by atoms with Crippen molar-refractivity contribution in [3.63, 3.8) is 0 Å². The third-order valence-corrected chi connectivity index (χ3v) is 4.87. The van der Waals surface area contributed by atoms with Crippen LogP contribution in [-0.2, 0) is 6.42 Å². The quantitative estimate of drug-likeness (QED) is 0.916. The Morgan fingerprint density at radius 3 is 3.00 bits per heavy atom. The topological polar surface area (TPSA) is 84.1 Å². The molecule has 2 atom stereocenters. The Bertz CT molecular complexity index is 627. The number of aryl methyl sites for hydroxylation is 1. The third kappa shape index (κ3) is 2.89. The van der Waals surface area contributed by atoms with Gasteiger partial charge < -0.3 is 14.6 Å². The highest BCUT2D eigenvalue weighted by Gasteiger charge is 2.29. The zero-order chi connectivity index (χ0) is 15.5. The summed E-state index contributed by atoms with van der Waals surface area (Å²) >= 11 is 1.15. The summed E-state index contributed by atoms with van der Waals surface area (Å²) in [5.74, 6) is -0.0228. The van der Waals surface area contributed by atoms with E-state index in [-0.39, 0.29) is 11.9 Å². The van der Waals surface area contributed by atoms with Gasteiger partial charge in [-0.25, -0.2) is 4.98 Å². The molecule has 1 fully saturated rings. The van der Waals surface area contributed by atoms with E-state index >= 15 is 0 Å². The van der Waals surface area contributed by atoms with Crippen LogP contribution in [0.1, 0.15) is 41.2 Å². The number of likely N-dealkylation sites (tertiary alicyclic amines) is 1. The maximum absolute atomic E-state index is 12.6. The van der Waals surface area contributed by atoms with E-state index in [2.05, 4.69) is 14.6 Å². The predicted molar refractivity (Wildman–Crippen MR) is 81.7 cm³/mol. The lowest BCUT2D eigenvalue weighted by Gasteiger charge is -2.21. The van der Waals surface area contributed by atoms with Crippen LogP contribution in [-0.4, -0.2) is 54.2 Å². The monoisotopic (exact) mass is 321 g/mol. The molecule has 1 N–H and O–H groups in total. The molecule has 3 rings (SSSR count). The first kappa shape index (κ1) is 15.1. The fourth-order valence-corrected chi connectivity index (χ4v) is 3.55. The number of hydrogen-bond acceptors (Lipinski definition) is 6. The highest BCUT2D eigenvalue weighted by molar-refractivity contribution is 7.08. The number of aliphatic hydroxyl groups excluding tert-OH is 1. The van der Waals surface area contributed by atoms with Gasteiger partial charge in [-0.2, -0.15) is 0 Å². The molecule has 1 aliphatic rings. The average Bonchev–Trinajstić information content (AvgIpc) is 3.17. The van der Waals surface area contributed by atoms with Gasteiger partial charge in [0.1, 0.15) is 4.88 Å². The van der Waals surface area contributed by atoms with Gasteiger partial charge in [0.25, 0.3) is 5.91 Å². The van der Waals surface area contributed by atoms with Gasteiger partial charge in [0.2, 0.25) is 0 Å². The Hall–Kier alpha value is -1.80. The maximum atomic E-state index is 12.6. The van der Waals surface area contributed by atoms with Crippen molar-refractivity contribution in [3.05, 3.63) is 29.3 Å². The third-order valence-electron chi connectivity index (χ3n) is 4.11. The van der Waals surface area contributed by atoms with E-state index in [1.165, 1.54) is 0 Å². The summed E-state index contributed by atoms with van der Waals surface area (Å²) in [7, 11) is 0. The number of carbonyl (C=O) groups excluding carboxylic acids is 1. The molecule has 7 nitrogen and oxygen atoms in total. The summed E-state index contributed by atoms with van der Waals surface area (Å²) < 4.78 is 5.81. The van der Waals surface area contributed by atoms with E-state index in [0.717, 1.165) is 17.2 Å². The Kier molecular flexibility index (Phi) is 4.49. The molecule has 118 valence electrons. The van der Waals surface area contributed by atoms with Crippen molar-refractivity contribution in [2.75, 3.05) is 13.1 Å². The molecule has 0 aromatic carbocycles. The molecule has 0 radical (unpaired) electrons. The fraction of sp³-hybridized carbons (Fsp3) is 0.571. The Morgan fingerprint density at radius 1 is 1.45 bits per heavy atom. The van der Waals surface area contributed by atoms with Crippen LogP contribution in [0.5, 0.6) is 0 Å². The molecule has 2 aromatic heterocycles. The van der Waals surface area contributed by atoms with Gasteiger partial charge >= 0.3 is 0 Å². The van der Waals surface area contributed by atoms with Crippen LogP contribution in [0.4, 0.5) is 0 Å². The van der Waals surface area contributed by atoms with Crippen LogP contribution in [0.15, 0.2) is 18.7 Å². The first-order valence-corrected chi connectivity index (χ1v) is 8.24. The van der Waals surface area contributed by atoms with Crippen LogP contribution in [0.3, 0.4) is 0 Å².